The molecule has 1 aromatic heterocycles. The van der Waals surface area contributed by atoms with E-state index >= 15 is 0 Å². The van der Waals surface area contributed by atoms with Crippen LogP contribution in [0.5, 0.6) is 5.75 Å². The number of nitrogens with two attached hydrogens (primary N) is 1. The van der Waals surface area contributed by atoms with E-state index in [1.165, 1.54) is 4.68 Å². The molecule has 1 amide bonds. The maximum absolute atomic E-state index is 13.7. The second-order valence-corrected chi connectivity index (χ2v) is 7.74. The molecule has 4 aromatic rings. The van der Waals surface area contributed by atoms with E-state index in [2.05, 4.69) is 0 Å². The zero-order chi connectivity index (χ0) is 22.9. The average molecular weight is 435 g/mol. The summed E-state index contributed by atoms with van der Waals surface area (Å²) in [5.74, 6) is -0.350. The smallest absolute Gasteiger partial charge is 0.279 e. The lowest BCUT2D eigenvalue weighted by molar-refractivity contribution is -0.114. The van der Waals surface area contributed by atoms with Gasteiger partial charge in [0.05, 0.1) is 18.4 Å². The minimum atomic E-state index is -0.623. The molecular formula is C27H21N3O3. The van der Waals surface area contributed by atoms with Gasteiger partial charge in [0.2, 0.25) is 5.91 Å². The van der Waals surface area contributed by atoms with Crippen LogP contribution in [0.15, 0.2) is 90.5 Å². The van der Waals surface area contributed by atoms with Crippen LogP contribution in [-0.4, -0.2) is 28.7 Å². The van der Waals surface area contributed by atoms with Gasteiger partial charge < -0.3 is 10.5 Å². The van der Waals surface area contributed by atoms with Gasteiger partial charge in [-0.15, -0.1) is 0 Å². The summed E-state index contributed by atoms with van der Waals surface area (Å²) in [6.07, 6.45) is 0.201. The molecule has 6 heteroatoms. The standard InChI is InChI=1S/C27H21N3O3/c1-33-20-14-12-18(13-15-20)23-21(26(28)31)16-22-24(17-8-4-2-5-9-17)25(29-30(22)27(23)32)19-10-6-3-7-11-19/h2-15H,16H2,1H3,(H2,28,31). The molecule has 162 valence electrons. The van der Waals surface area contributed by atoms with Gasteiger partial charge in [0.15, 0.2) is 0 Å². The molecule has 3 aromatic carbocycles. The fourth-order valence-electron chi connectivity index (χ4n) is 4.25. The summed E-state index contributed by atoms with van der Waals surface area (Å²) in [7, 11) is 1.57. The molecule has 0 saturated heterocycles. The second-order valence-electron chi connectivity index (χ2n) is 7.74. The molecule has 0 radical (unpaired) electrons. The number of benzene rings is 3. The van der Waals surface area contributed by atoms with E-state index in [-0.39, 0.29) is 23.5 Å². The third-order valence-electron chi connectivity index (χ3n) is 5.82. The summed E-state index contributed by atoms with van der Waals surface area (Å²) in [6.45, 7) is 0. The van der Waals surface area contributed by atoms with Crippen LogP contribution in [0, 0.1) is 0 Å². The number of amides is 1. The van der Waals surface area contributed by atoms with Crippen LogP contribution in [0.4, 0.5) is 0 Å². The number of methoxy groups -OCH3 is 1. The summed E-state index contributed by atoms with van der Waals surface area (Å²) in [4.78, 5) is 26.2. The number of hydrogen-bond donors (Lipinski definition) is 1. The molecule has 2 heterocycles. The second kappa shape index (κ2) is 8.24. The van der Waals surface area contributed by atoms with Crippen LogP contribution >= 0.6 is 0 Å². The zero-order valence-electron chi connectivity index (χ0n) is 18.0. The molecule has 0 aliphatic carbocycles. The van der Waals surface area contributed by atoms with Gasteiger partial charge >= 0.3 is 0 Å². The number of carbonyl (C=O) groups excluding carboxylic acids is 2. The predicted octanol–water partition coefficient (Wildman–Crippen LogP) is 4.36. The van der Waals surface area contributed by atoms with E-state index in [9.17, 15) is 9.59 Å². The van der Waals surface area contributed by atoms with Crippen molar-refractivity contribution in [3.63, 3.8) is 0 Å². The molecule has 0 atom stereocenters. The van der Waals surface area contributed by atoms with Gasteiger partial charge in [-0.2, -0.15) is 9.78 Å². The van der Waals surface area contributed by atoms with E-state index in [4.69, 9.17) is 15.6 Å². The Morgan fingerprint density at radius 2 is 1.48 bits per heavy atom. The largest absolute Gasteiger partial charge is 0.497 e. The summed E-state index contributed by atoms with van der Waals surface area (Å²) in [5.41, 5.74) is 10.9. The molecule has 0 saturated carbocycles. The molecule has 0 spiro atoms. The topological polar surface area (TPSA) is 87.2 Å². The van der Waals surface area contributed by atoms with E-state index in [1.807, 2.05) is 60.7 Å². The molecule has 1 aliphatic heterocycles. The van der Waals surface area contributed by atoms with Gasteiger partial charge in [-0.05, 0) is 23.3 Å². The average Bonchev–Trinajstić information content (AvgIpc) is 3.25. The normalized spacial score (nSPS) is 13.1. The number of carbonyl (C=O) groups is 2. The van der Waals surface area contributed by atoms with Gasteiger partial charge in [-0.1, -0.05) is 72.8 Å². The fraction of sp³-hybridized carbons (Fsp3) is 0.0741. The number of hydrogen-bond acceptors (Lipinski definition) is 4. The maximum Gasteiger partial charge on any atom is 0.279 e. The Balaban J connectivity index is 1.74. The van der Waals surface area contributed by atoms with Crippen molar-refractivity contribution in [2.45, 2.75) is 6.42 Å². The van der Waals surface area contributed by atoms with Gasteiger partial charge in [0.1, 0.15) is 11.4 Å². The van der Waals surface area contributed by atoms with E-state index in [0.29, 0.717) is 22.7 Å². The molecule has 5 rings (SSSR count). The van der Waals surface area contributed by atoms with Gasteiger partial charge in [-0.3, -0.25) is 9.59 Å². The van der Waals surface area contributed by atoms with E-state index in [1.54, 1.807) is 31.4 Å². The Morgan fingerprint density at radius 1 is 0.879 bits per heavy atom. The lowest BCUT2D eigenvalue weighted by Gasteiger charge is -2.20. The number of rotatable bonds is 5. The number of primary amides is 1. The van der Waals surface area contributed by atoms with Crippen molar-refractivity contribution in [2.75, 3.05) is 7.11 Å². The van der Waals surface area contributed by atoms with Crippen LogP contribution in [-0.2, 0) is 11.2 Å². The zero-order valence-corrected chi connectivity index (χ0v) is 18.0. The predicted molar refractivity (Wildman–Crippen MR) is 127 cm³/mol. The van der Waals surface area contributed by atoms with Gasteiger partial charge in [0, 0.05) is 23.1 Å². The highest BCUT2D eigenvalue weighted by atomic mass is 16.5. The molecule has 1 aliphatic rings. The number of allylic oxidation sites excluding steroid dienone is 1. The first-order valence-corrected chi connectivity index (χ1v) is 10.5. The van der Waals surface area contributed by atoms with Crippen LogP contribution in [0.1, 0.15) is 16.1 Å². The monoisotopic (exact) mass is 435 g/mol. The number of ether oxygens (including phenoxy) is 1. The highest BCUT2D eigenvalue weighted by Crippen LogP contribution is 2.39. The fourth-order valence-corrected chi connectivity index (χ4v) is 4.25. The Labute approximate surface area is 190 Å². The molecular weight excluding hydrogens is 414 g/mol. The van der Waals surface area contributed by atoms with Gasteiger partial charge in [0.25, 0.3) is 5.91 Å². The van der Waals surface area contributed by atoms with Crippen molar-refractivity contribution >= 4 is 17.4 Å². The summed E-state index contributed by atoms with van der Waals surface area (Å²) in [5, 5.41) is 4.74. The van der Waals surface area contributed by atoms with Crippen molar-refractivity contribution in [1.82, 2.24) is 9.78 Å². The molecule has 0 bridgehead atoms. The minimum Gasteiger partial charge on any atom is -0.497 e. The number of nitrogens with zero attached hydrogens (tertiary/aromatic N) is 2. The lowest BCUT2D eigenvalue weighted by Crippen LogP contribution is -2.29. The van der Waals surface area contributed by atoms with Crippen LogP contribution < -0.4 is 10.5 Å². The summed E-state index contributed by atoms with van der Waals surface area (Å²) in [6, 6.07) is 26.5. The van der Waals surface area contributed by atoms with Crippen LogP contribution in [0.25, 0.3) is 28.0 Å². The quantitative estimate of drug-likeness (QED) is 0.505. The van der Waals surface area contributed by atoms with Crippen molar-refractivity contribution in [3.05, 3.63) is 102 Å². The van der Waals surface area contributed by atoms with Crippen molar-refractivity contribution in [2.24, 2.45) is 5.73 Å². The Morgan fingerprint density at radius 3 is 2.06 bits per heavy atom. The van der Waals surface area contributed by atoms with Crippen molar-refractivity contribution in [1.29, 1.82) is 0 Å². The first kappa shape index (κ1) is 20.5. The molecule has 6 nitrogen and oxygen atoms in total. The first-order valence-electron chi connectivity index (χ1n) is 10.5. The first-order chi connectivity index (χ1) is 16.1. The van der Waals surface area contributed by atoms with E-state index in [0.717, 1.165) is 16.7 Å². The Bertz CT molecular complexity index is 1390. The molecule has 2 N–H and O–H groups in total. The minimum absolute atomic E-state index is 0.201. The highest BCUT2D eigenvalue weighted by molar-refractivity contribution is 6.28. The lowest BCUT2D eigenvalue weighted by atomic mass is 9.89. The van der Waals surface area contributed by atoms with Crippen LogP contribution in [0.3, 0.4) is 0 Å². The van der Waals surface area contributed by atoms with E-state index < -0.39 is 5.91 Å². The highest BCUT2D eigenvalue weighted by Gasteiger charge is 2.34. The van der Waals surface area contributed by atoms with Crippen molar-refractivity contribution in [3.8, 4) is 28.1 Å². The summed E-state index contributed by atoms with van der Waals surface area (Å²) >= 11 is 0. The Hall–Kier alpha value is -4.45. The van der Waals surface area contributed by atoms with Gasteiger partial charge in [-0.25, -0.2) is 0 Å². The number of fused-ring (bicyclic) bond motifs is 1. The number of aromatic nitrogens is 2. The molecule has 33 heavy (non-hydrogen) atoms. The third-order valence-corrected chi connectivity index (χ3v) is 5.82. The molecule has 0 unspecified atom stereocenters. The SMILES string of the molecule is COc1ccc(C2=C(C(N)=O)Cc3c(-c4ccccc4)c(-c4ccccc4)nn3C2=O)cc1. The van der Waals surface area contributed by atoms with Crippen LogP contribution in [0.2, 0.25) is 0 Å². The van der Waals surface area contributed by atoms with Crippen molar-refractivity contribution < 1.29 is 14.3 Å². The Kier molecular flexibility index (Phi) is 5.11. The molecule has 0 fully saturated rings. The maximum atomic E-state index is 13.7. The third kappa shape index (κ3) is 3.51. The summed E-state index contributed by atoms with van der Waals surface area (Å²) < 4.78 is 6.63.